The van der Waals surface area contributed by atoms with Crippen LogP contribution in [0, 0.1) is 0 Å². The molecule has 0 radical (unpaired) electrons. The Kier molecular flexibility index (Phi) is 5.58. The highest BCUT2D eigenvalue weighted by molar-refractivity contribution is 7.22. The van der Waals surface area contributed by atoms with Gasteiger partial charge in [0.15, 0.2) is 5.13 Å². The van der Waals surface area contributed by atoms with Crippen LogP contribution in [0.3, 0.4) is 0 Å². The van der Waals surface area contributed by atoms with Crippen molar-refractivity contribution in [2.45, 2.75) is 13.5 Å². The Morgan fingerprint density at radius 2 is 1.79 bits per heavy atom. The van der Waals surface area contributed by atoms with E-state index in [4.69, 9.17) is 4.74 Å². The zero-order valence-corrected chi connectivity index (χ0v) is 18.7. The van der Waals surface area contributed by atoms with Gasteiger partial charge in [-0.1, -0.05) is 41.7 Å². The first kappa shape index (κ1) is 20.8. The van der Waals surface area contributed by atoms with E-state index in [9.17, 15) is 9.59 Å². The van der Waals surface area contributed by atoms with Crippen LogP contribution in [0.4, 0.5) is 10.8 Å². The van der Waals surface area contributed by atoms with Crippen molar-refractivity contribution < 1.29 is 9.53 Å². The van der Waals surface area contributed by atoms with Gasteiger partial charge >= 0.3 is 0 Å². The molecule has 7 nitrogen and oxygen atoms in total. The van der Waals surface area contributed by atoms with Crippen LogP contribution in [0.1, 0.15) is 6.92 Å². The molecule has 0 aliphatic heterocycles. The lowest BCUT2D eigenvalue weighted by atomic mass is 10.2. The number of carbonyl (C=O) groups excluding carboxylic acids is 1. The summed E-state index contributed by atoms with van der Waals surface area (Å²) in [6.07, 6.45) is 1.60. The summed E-state index contributed by atoms with van der Waals surface area (Å²) in [4.78, 5) is 32.7. The highest BCUT2D eigenvalue weighted by Gasteiger charge is 2.23. The SMILES string of the molecule is CCOc1ccc(N(C(=O)Cn2ncc3ccccc3c2=O)c2nc3ccccc3s2)cc1. The van der Waals surface area contributed by atoms with Crippen molar-refractivity contribution in [2.24, 2.45) is 0 Å². The lowest BCUT2D eigenvalue weighted by molar-refractivity contribution is -0.118. The molecule has 2 aromatic heterocycles. The van der Waals surface area contributed by atoms with Crippen LogP contribution < -0.4 is 15.2 Å². The second-order valence-electron chi connectivity index (χ2n) is 7.31. The number of para-hydroxylation sites is 1. The molecule has 0 fully saturated rings. The van der Waals surface area contributed by atoms with Crippen molar-refractivity contribution in [3.05, 3.63) is 89.3 Å². The summed E-state index contributed by atoms with van der Waals surface area (Å²) in [6, 6.07) is 22.2. The third-order valence-corrected chi connectivity index (χ3v) is 6.20. The Bertz CT molecular complexity index is 1470. The van der Waals surface area contributed by atoms with Gasteiger partial charge in [0.2, 0.25) is 0 Å². The average Bonchev–Trinajstić information content (AvgIpc) is 3.26. The maximum Gasteiger partial charge on any atom is 0.275 e. The highest BCUT2D eigenvalue weighted by Crippen LogP contribution is 2.34. The number of amides is 1. The van der Waals surface area contributed by atoms with Crippen LogP contribution in [0.2, 0.25) is 0 Å². The van der Waals surface area contributed by atoms with E-state index in [1.807, 2.05) is 67.6 Å². The Morgan fingerprint density at radius 3 is 2.58 bits per heavy atom. The van der Waals surface area contributed by atoms with E-state index in [-0.39, 0.29) is 18.0 Å². The van der Waals surface area contributed by atoms with Crippen molar-refractivity contribution >= 4 is 49.1 Å². The lowest BCUT2D eigenvalue weighted by Gasteiger charge is -2.20. The third kappa shape index (κ3) is 4.08. The number of carbonyl (C=O) groups is 1. The molecule has 0 aliphatic rings. The fraction of sp³-hybridized carbons (Fsp3) is 0.120. The number of fused-ring (bicyclic) bond motifs is 2. The number of thiazole rings is 1. The molecule has 0 atom stereocenters. The monoisotopic (exact) mass is 456 g/mol. The summed E-state index contributed by atoms with van der Waals surface area (Å²) < 4.78 is 7.70. The molecule has 0 saturated heterocycles. The predicted octanol–water partition coefficient (Wildman–Crippen LogP) is 4.77. The number of aromatic nitrogens is 3. The molecular formula is C25H20N4O3S. The molecule has 0 unspecified atom stereocenters. The zero-order valence-electron chi connectivity index (χ0n) is 17.8. The second kappa shape index (κ2) is 8.84. The predicted molar refractivity (Wildman–Crippen MR) is 130 cm³/mol. The highest BCUT2D eigenvalue weighted by atomic mass is 32.1. The number of rotatable bonds is 6. The number of ether oxygens (including phenoxy) is 1. The zero-order chi connectivity index (χ0) is 22.8. The van der Waals surface area contributed by atoms with Crippen molar-refractivity contribution in [3.8, 4) is 5.75 Å². The van der Waals surface area contributed by atoms with Crippen LogP contribution in [0.25, 0.3) is 21.0 Å². The minimum Gasteiger partial charge on any atom is -0.494 e. The standard InChI is InChI=1S/C25H20N4O3S/c1-2-32-19-13-11-18(12-14-19)29(25-27-21-9-5-6-10-22(21)33-25)23(30)16-28-24(31)20-8-4-3-7-17(20)15-26-28/h3-15H,2,16H2,1H3. The molecule has 0 spiro atoms. The van der Waals surface area contributed by atoms with Gasteiger partial charge in [0.05, 0.1) is 34.1 Å². The van der Waals surface area contributed by atoms with Crippen LogP contribution in [0.15, 0.2) is 83.8 Å². The van der Waals surface area contributed by atoms with Crippen LogP contribution in [0.5, 0.6) is 5.75 Å². The van der Waals surface area contributed by atoms with Crippen molar-refractivity contribution in [2.75, 3.05) is 11.5 Å². The number of benzene rings is 3. The fourth-order valence-corrected chi connectivity index (χ4v) is 4.62. The number of hydrogen-bond donors (Lipinski definition) is 0. The summed E-state index contributed by atoms with van der Waals surface area (Å²) in [5, 5.41) is 6.00. The fourth-order valence-electron chi connectivity index (χ4n) is 3.61. The summed E-state index contributed by atoms with van der Waals surface area (Å²) >= 11 is 1.42. The molecule has 2 heterocycles. The molecule has 3 aromatic carbocycles. The quantitative estimate of drug-likeness (QED) is 0.368. The first-order valence-corrected chi connectivity index (χ1v) is 11.3. The van der Waals surface area contributed by atoms with E-state index in [0.29, 0.717) is 28.6 Å². The van der Waals surface area contributed by atoms with Crippen LogP contribution >= 0.6 is 11.3 Å². The largest absolute Gasteiger partial charge is 0.494 e. The Morgan fingerprint density at radius 1 is 1.03 bits per heavy atom. The first-order valence-electron chi connectivity index (χ1n) is 10.5. The first-order chi connectivity index (χ1) is 16.1. The van der Waals surface area contributed by atoms with Gasteiger partial charge in [-0.15, -0.1) is 0 Å². The van der Waals surface area contributed by atoms with E-state index in [0.717, 1.165) is 15.6 Å². The van der Waals surface area contributed by atoms with Gasteiger partial charge in [0.25, 0.3) is 11.5 Å². The molecule has 0 aliphatic carbocycles. The third-order valence-electron chi connectivity index (χ3n) is 5.18. The molecule has 164 valence electrons. The summed E-state index contributed by atoms with van der Waals surface area (Å²) in [7, 11) is 0. The van der Waals surface area contributed by atoms with E-state index >= 15 is 0 Å². The summed E-state index contributed by atoms with van der Waals surface area (Å²) in [6.45, 7) is 2.25. The minimum atomic E-state index is -0.317. The van der Waals surface area contributed by atoms with Gasteiger partial charge in [-0.05, 0) is 49.4 Å². The normalized spacial score (nSPS) is 11.1. The second-order valence-corrected chi connectivity index (χ2v) is 8.32. The molecular weight excluding hydrogens is 436 g/mol. The Labute approximate surface area is 193 Å². The van der Waals surface area contributed by atoms with E-state index in [1.54, 1.807) is 18.3 Å². The van der Waals surface area contributed by atoms with Crippen LogP contribution in [-0.2, 0) is 11.3 Å². The molecule has 0 bridgehead atoms. The Hall–Kier alpha value is -4.04. The molecule has 33 heavy (non-hydrogen) atoms. The number of hydrogen-bond acceptors (Lipinski definition) is 6. The molecule has 0 N–H and O–H groups in total. The molecule has 1 amide bonds. The van der Waals surface area contributed by atoms with Gasteiger partial charge in [-0.3, -0.25) is 14.5 Å². The number of anilines is 2. The van der Waals surface area contributed by atoms with E-state index < -0.39 is 0 Å². The van der Waals surface area contributed by atoms with Crippen molar-refractivity contribution in [1.29, 1.82) is 0 Å². The van der Waals surface area contributed by atoms with Crippen molar-refractivity contribution in [1.82, 2.24) is 14.8 Å². The summed E-state index contributed by atoms with van der Waals surface area (Å²) in [5.74, 6) is 0.397. The van der Waals surface area contributed by atoms with Crippen LogP contribution in [-0.4, -0.2) is 27.3 Å². The molecule has 8 heteroatoms. The minimum absolute atomic E-state index is 0.215. The number of nitrogens with zero attached hydrogens (tertiary/aromatic N) is 4. The summed E-state index contributed by atoms with van der Waals surface area (Å²) in [5.41, 5.74) is 1.14. The lowest BCUT2D eigenvalue weighted by Crippen LogP contribution is -2.34. The average molecular weight is 457 g/mol. The van der Waals surface area contributed by atoms with Crippen molar-refractivity contribution in [3.63, 3.8) is 0 Å². The van der Waals surface area contributed by atoms with Gasteiger partial charge in [0, 0.05) is 5.39 Å². The Balaban J connectivity index is 1.55. The van der Waals surface area contributed by atoms with E-state index in [2.05, 4.69) is 10.1 Å². The van der Waals surface area contributed by atoms with Gasteiger partial charge < -0.3 is 4.74 Å². The van der Waals surface area contributed by atoms with Gasteiger partial charge in [0.1, 0.15) is 12.3 Å². The molecule has 5 rings (SSSR count). The maximum absolute atomic E-state index is 13.6. The van der Waals surface area contributed by atoms with Gasteiger partial charge in [-0.2, -0.15) is 5.10 Å². The molecule has 5 aromatic rings. The molecule has 0 saturated carbocycles. The topological polar surface area (TPSA) is 77.3 Å². The van der Waals surface area contributed by atoms with Gasteiger partial charge in [-0.25, -0.2) is 9.67 Å². The van der Waals surface area contributed by atoms with E-state index in [1.165, 1.54) is 20.9 Å². The smallest absolute Gasteiger partial charge is 0.275 e. The maximum atomic E-state index is 13.6.